The van der Waals surface area contributed by atoms with Crippen LogP contribution in [-0.4, -0.2) is 35.1 Å². The highest BCUT2D eigenvalue weighted by molar-refractivity contribution is 5.88. The van der Waals surface area contributed by atoms with E-state index < -0.39 is 0 Å². The molecule has 1 fully saturated rings. The van der Waals surface area contributed by atoms with E-state index in [0.29, 0.717) is 6.04 Å². The van der Waals surface area contributed by atoms with Crippen LogP contribution in [-0.2, 0) is 11.3 Å². The van der Waals surface area contributed by atoms with Crippen LogP contribution in [0.1, 0.15) is 31.7 Å². The number of hydrogen-bond donors (Lipinski definition) is 2. The number of carbonyl (C=O) groups is 1. The van der Waals surface area contributed by atoms with Crippen LogP contribution in [0.4, 0.5) is 5.69 Å². The number of likely N-dealkylation sites (tertiary alicyclic amines) is 1. The van der Waals surface area contributed by atoms with Crippen LogP contribution in [0.2, 0.25) is 0 Å². The van der Waals surface area contributed by atoms with Gasteiger partial charge in [0, 0.05) is 25.2 Å². The Balaban J connectivity index is 1.96. The Bertz CT molecular complexity index is 417. The van der Waals surface area contributed by atoms with E-state index in [0.717, 1.165) is 25.2 Å². The second kappa shape index (κ2) is 6.68. The third kappa shape index (κ3) is 4.04. The highest BCUT2D eigenvalue weighted by atomic mass is 16.3. The monoisotopic (exact) mass is 262 g/mol. The number of rotatable bonds is 4. The first-order valence-corrected chi connectivity index (χ1v) is 6.90. The number of aliphatic hydroxyl groups is 1. The molecule has 4 nitrogen and oxygen atoms in total. The van der Waals surface area contributed by atoms with Crippen LogP contribution >= 0.6 is 0 Å². The fourth-order valence-electron chi connectivity index (χ4n) is 2.61. The molecule has 1 atom stereocenters. The number of hydrogen-bond acceptors (Lipinski definition) is 3. The van der Waals surface area contributed by atoms with Crippen molar-refractivity contribution in [1.82, 2.24) is 4.90 Å². The summed E-state index contributed by atoms with van der Waals surface area (Å²) in [6, 6.07) is 8.22. The third-order valence-corrected chi connectivity index (χ3v) is 3.62. The predicted molar refractivity (Wildman–Crippen MR) is 75.9 cm³/mol. The standard InChI is InChI=1S/C15H22N2O2/c1-12(19)16-14-7-5-13(6-8-14)10-17-9-3-2-4-15(17)11-18/h5-8,15,18H,2-4,9-11H2,1H3,(H,16,19). The minimum absolute atomic E-state index is 0.0517. The van der Waals surface area contributed by atoms with Crippen LogP contribution in [0, 0.1) is 0 Å². The fraction of sp³-hybridized carbons (Fsp3) is 0.533. The topological polar surface area (TPSA) is 52.6 Å². The summed E-state index contributed by atoms with van der Waals surface area (Å²) in [4.78, 5) is 13.3. The molecule has 1 amide bonds. The summed E-state index contributed by atoms with van der Waals surface area (Å²) in [6.07, 6.45) is 3.50. The molecule has 2 rings (SSSR count). The zero-order valence-corrected chi connectivity index (χ0v) is 11.4. The molecule has 4 heteroatoms. The Labute approximate surface area is 114 Å². The highest BCUT2D eigenvalue weighted by Gasteiger charge is 2.21. The van der Waals surface area contributed by atoms with E-state index in [4.69, 9.17) is 0 Å². The van der Waals surface area contributed by atoms with Crippen LogP contribution in [0.25, 0.3) is 0 Å². The van der Waals surface area contributed by atoms with Crippen molar-refractivity contribution in [2.24, 2.45) is 0 Å². The highest BCUT2D eigenvalue weighted by Crippen LogP contribution is 2.20. The molecular formula is C15H22N2O2. The van der Waals surface area contributed by atoms with Crippen molar-refractivity contribution in [3.8, 4) is 0 Å². The lowest BCUT2D eigenvalue weighted by Gasteiger charge is -2.34. The number of nitrogens with zero attached hydrogens (tertiary/aromatic N) is 1. The maximum absolute atomic E-state index is 10.9. The third-order valence-electron chi connectivity index (χ3n) is 3.62. The summed E-state index contributed by atoms with van der Waals surface area (Å²) < 4.78 is 0. The van der Waals surface area contributed by atoms with Gasteiger partial charge in [-0.05, 0) is 37.1 Å². The van der Waals surface area contributed by atoms with Crippen molar-refractivity contribution in [2.45, 2.75) is 38.8 Å². The van der Waals surface area contributed by atoms with Gasteiger partial charge in [0.2, 0.25) is 5.91 Å². The van der Waals surface area contributed by atoms with E-state index in [2.05, 4.69) is 10.2 Å². The molecule has 1 heterocycles. The molecule has 104 valence electrons. The Morgan fingerprint density at radius 1 is 1.37 bits per heavy atom. The lowest BCUT2D eigenvalue weighted by Crippen LogP contribution is -2.41. The second-order valence-electron chi connectivity index (χ2n) is 5.18. The zero-order valence-electron chi connectivity index (χ0n) is 11.4. The SMILES string of the molecule is CC(=O)Nc1ccc(CN2CCCCC2CO)cc1. The average Bonchev–Trinajstić information content (AvgIpc) is 2.41. The molecule has 1 aromatic rings. The van der Waals surface area contributed by atoms with Gasteiger partial charge in [-0.25, -0.2) is 0 Å². The van der Waals surface area contributed by atoms with Gasteiger partial charge in [-0.1, -0.05) is 18.6 Å². The number of anilines is 1. The minimum Gasteiger partial charge on any atom is -0.395 e. The zero-order chi connectivity index (χ0) is 13.7. The van der Waals surface area contributed by atoms with Crippen molar-refractivity contribution in [3.05, 3.63) is 29.8 Å². The summed E-state index contributed by atoms with van der Waals surface area (Å²) in [5.74, 6) is -0.0517. The van der Waals surface area contributed by atoms with Gasteiger partial charge >= 0.3 is 0 Å². The summed E-state index contributed by atoms with van der Waals surface area (Å²) in [5.41, 5.74) is 2.04. The molecule has 1 aromatic carbocycles. The number of carbonyl (C=O) groups excluding carboxylic acids is 1. The first-order valence-electron chi connectivity index (χ1n) is 6.90. The van der Waals surface area contributed by atoms with E-state index >= 15 is 0 Å². The van der Waals surface area contributed by atoms with Crippen LogP contribution in [0.3, 0.4) is 0 Å². The van der Waals surface area contributed by atoms with Crippen LogP contribution in [0.5, 0.6) is 0 Å². The first kappa shape index (κ1) is 14.0. The van der Waals surface area contributed by atoms with Gasteiger partial charge in [0.15, 0.2) is 0 Å². The number of aliphatic hydroxyl groups excluding tert-OH is 1. The van der Waals surface area contributed by atoms with Gasteiger partial charge in [-0.15, -0.1) is 0 Å². The summed E-state index contributed by atoms with van der Waals surface area (Å²) in [5, 5.41) is 12.2. The Morgan fingerprint density at radius 3 is 2.74 bits per heavy atom. The predicted octanol–water partition coefficient (Wildman–Crippen LogP) is 1.99. The Hall–Kier alpha value is -1.39. The number of piperidine rings is 1. The molecule has 1 aliphatic rings. The van der Waals surface area contributed by atoms with E-state index in [1.165, 1.54) is 25.3 Å². The average molecular weight is 262 g/mol. The van der Waals surface area contributed by atoms with E-state index in [1.54, 1.807) is 0 Å². The van der Waals surface area contributed by atoms with Crippen molar-refractivity contribution in [3.63, 3.8) is 0 Å². The Kier molecular flexibility index (Phi) is 4.93. The first-order chi connectivity index (χ1) is 9.19. The maximum atomic E-state index is 10.9. The van der Waals surface area contributed by atoms with Gasteiger partial charge in [0.1, 0.15) is 0 Å². The molecule has 0 aromatic heterocycles. The van der Waals surface area contributed by atoms with Gasteiger partial charge in [0.25, 0.3) is 0 Å². The normalized spacial score (nSPS) is 20.2. The number of amides is 1. The summed E-state index contributed by atoms with van der Waals surface area (Å²) in [6.45, 7) is 3.67. The summed E-state index contributed by atoms with van der Waals surface area (Å²) >= 11 is 0. The molecule has 0 saturated carbocycles. The largest absolute Gasteiger partial charge is 0.395 e. The van der Waals surface area contributed by atoms with Crippen molar-refractivity contribution >= 4 is 11.6 Å². The van der Waals surface area contributed by atoms with E-state index in [-0.39, 0.29) is 12.5 Å². The van der Waals surface area contributed by atoms with E-state index in [1.807, 2.05) is 24.3 Å². The van der Waals surface area contributed by atoms with Crippen molar-refractivity contribution in [2.75, 3.05) is 18.5 Å². The molecule has 1 saturated heterocycles. The molecule has 0 aliphatic carbocycles. The molecular weight excluding hydrogens is 240 g/mol. The van der Waals surface area contributed by atoms with Crippen molar-refractivity contribution in [1.29, 1.82) is 0 Å². The van der Waals surface area contributed by atoms with Crippen molar-refractivity contribution < 1.29 is 9.90 Å². The lowest BCUT2D eigenvalue weighted by atomic mass is 10.0. The Morgan fingerprint density at radius 2 is 2.11 bits per heavy atom. The summed E-state index contributed by atoms with van der Waals surface area (Å²) in [7, 11) is 0. The van der Waals surface area contributed by atoms with E-state index in [9.17, 15) is 9.90 Å². The van der Waals surface area contributed by atoms with Gasteiger partial charge in [-0.3, -0.25) is 9.69 Å². The minimum atomic E-state index is -0.0517. The molecule has 1 aliphatic heterocycles. The molecule has 2 N–H and O–H groups in total. The van der Waals surface area contributed by atoms with Gasteiger partial charge < -0.3 is 10.4 Å². The van der Waals surface area contributed by atoms with Crippen LogP contribution in [0.15, 0.2) is 24.3 Å². The molecule has 19 heavy (non-hydrogen) atoms. The van der Waals surface area contributed by atoms with Gasteiger partial charge in [0.05, 0.1) is 6.61 Å². The van der Waals surface area contributed by atoms with Gasteiger partial charge in [-0.2, -0.15) is 0 Å². The molecule has 0 spiro atoms. The fourth-order valence-corrected chi connectivity index (χ4v) is 2.61. The van der Waals surface area contributed by atoms with Crippen LogP contribution < -0.4 is 5.32 Å². The smallest absolute Gasteiger partial charge is 0.221 e. The molecule has 1 unspecified atom stereocenters. The maximum Gasteiger partial charge on any atom is 0.221 e. The molecule has 0 bridgehead atoms. The second-order valence-corrected chi connectivity index (χ2v) is 5.18. The quantitative estimate of drug-likeness (QED) is 0.872. The number of nitrogens with one attached hydrogen (secondary N) is 1. The number of benzene rings is 1. The lowest BCUT2D eigenvalue weighted by molar-refractivity contribution is -0.114. The molecule has 0 radical (unpaired) electrons.